The summed E-state index contributed by atoms with van der Waals surface area (Å²) in [5, 5.41) is 0.478. The van der Waals surface area contributed by atoms with Crippen LogP contribution in [-0.2, 0) is 6.54 Å². The van der Waals surface area contributed by atoms with Gasteiger partial charge in [0.25, 0.3) is 5.56 Å². The van der Waals surface area contributed by atoms with E-state index in [1.807, 2.05) is 0 Å². The molecule has 1 N–H and O–H groups in total. The average Bonchev–Trinajstić information content (AvgIpc) is 2.77. The molecule has 0 aliphatic carbocycles. The van der Waals surface area contributed by atoms with Gasteiger partial charge in [-0.25, -0.2) is 4.98 Å². The molecule has 7 nitrogen and oxygen atoms in total. The van der Waals surface area contributed by atoms with E-state index in [1.165, 1.54) is 5.56 Å². The fourth-order valence-electron chi connectivity index (χ4n) is 3.48. The second-order valence-corrected chi connectivity index (χ2v) is 7.58. The lowest BCUT2D eigenvalue weighted by Crippen LogP contribution is -2.27. The predicted octanol–water partition coefficient (Wildman–Crippen LogP) is 3.85. The highest BCUT2D eigenvalue weighted by Gasteiger charge is 2.13. The first-order chi connectivity index (χ1) is 14.9. The number of H-pyrrole nitrogens is 1. The Bertz CT molecular complexity index is 1090. The van der Waals surface area contributed by atoms with Gasteiger partial charge in [0, 0.05) is 12.6 Å². The van der Waals surface area contributed by atoms with E-state index >= 15 is 0 Å². The number of fused-ring (bicyclic) bond motifs is 1. The Labute approximate surface area is 183 Å². The zero-order chi connectivity index (χ0) is 22.4. The predicted molar refractivity (Wildman–Crippen MR) is 122 cm³/mol. The van der Waals surface area contributed by atoms with Crippen molar-refractivity contribution in [2.45, 2.75) is 33.7 Å². The van der Waals surface area contributed by atoms with Crippen molar-refractivity contribution in [1.82, 2.24) is 14.9 Å². The highest BCUT2D eigenvalue weighted by atomic mass is 16.5. The number of aromatic amines is 1. The Morgan fingerprint density at radius 2 is 1.77 bits per heavy atom. The summed E-state index contributed by atoms with van der Waals surface area (Å²) in [6.45, 7) is 9.09. The van der Waals surface area contributed by atoms with E-state index in [2.05, 4.69) is 53.8 Å². The van der Waals surface area contributed by atoms with Gasteiger partial charge in [-0.3, -0.25) is 9.69 Å². The van der Waals surface area contributed by atoms with E-state index in [4.69, 9.17) is 14.2 Å². The van der Waals surface area contributed by atoms with E-state index in [1.54, 1.807) is 26.4 Å². The fourth-order valence-corrected chi connectivity index (χ4v) is 3.48. The van der Waals surface area contributed by atoms with Gasteiger partial charge in [-0.05, 0) is 50.1 Å². The molecule has 0 spiro atoms. The third kappa shape index (κ3) is 5.55. The van der Waals surface area contributed by atoms with Gasteiger partial charge >= 0.3 is 0 Å². The number of ether oxygens (including phenoxy) is 3. The molecular formula is C24H31N3O4. The summed E-state index contributed by atoms with van der Waals surface area (Å²) < 4.78 is 16.6. The molecule has 0 fully saturated rings. The first-order valence-corrected chi connectivity index (χ1v) is 10.5. The van der Waals surface area contributed by atoms with Crippen LogP contribution in [0.15, 0.2) is 35.1 Å². The summed E-state index contributed by atoms with van der Waals surface area (Å²) >= 11 is 0. The highest BCUT2D eigenvalue weighted by Crippen LogP contribution is 2.30. The molecule has 166 valence electrons. The molecule has 0 bridgehead atoms. The van der Waals surface area contributed by atoms with Crippen molar-refractivity contribution in [3.63, 3.8) is 0 Å². The number of benzene rings is 2. The second-order valence-electron chi connectivity index (χ2n) is 7.58. The van der Waals surface area contributed by atoms with Crippen molar-refractivity contribution < 1.29 is 14.2 Å². The molecule has 0 atom stereocenters. The first kappa shape index (κ1) is 22.6. The van der Waals surface area contributed by atoms with Gasteiger partial charge in [-0.15, -0.1) is 0 Å². The van der Waals surface area contributed by atoms with Crippen LogP contribution >= 0.6 is 0 Å². The Balaban J connectivity index is 1.65. The summed E-state index contributed by atoms with van der Waals surface area (Å²) in [7, 11) is 3.11. The smallest absolute Gasteiger partial charge is 0.258 e. The van der Waals surface area contributed by atoms with Gasteiger partial charge in [-0.2, -0.15) is 0 Å². The number of aryl methyl sites for hydroxylation is 2. The van der Waals surface area contributed by atoms with Crippen molar-refractivity contribution >= 4 is 10.9 Å². The molecule has 31 heavy (non-hydrogen) atoms. The maximum atomic E-state index is 12.6. The van der Waals surface area contributed by atoms with E-state index in [0.29, 0.717) is 41.4 Å². The minimum Gasteiger partial charge on any atom is -0.493 e. The Hall–Kier alpha value is -3.06. The zero-order valence-electron chi connectivity index (χ0n) is 18.9. The summed E-state index contributed by atoms with van der Waals surface area (Å²) in [6, 6.07) is 9.63. The van der Waals surface area contributed by atoms with Crippen LogP contribution in [0.25, 0.3) is 10.9 Å². The molecule has 0 aliphatic rings. The molecule has 0 aliphatic heterocycles. The minimum absolute atomic E-state index is 0.185. The molecular weight excluding hydrogens is 394 g/mol. The third-order valence-electron chi connectivity index (χ3n) is 5.30. The van der Waals surface area contributed by atoms with Crippen LogP contribution in [0, 0.1) is 13.8 Å². The van der Waals surface area contributed by atoms with Crippen molar-refractivity contribution in [3.8, 4) is 17.2 Å². The lowest BCUT2D eigenvalue weighted by atomic mass is 10.1. The molecule has 2 aromatic carbocycles. The van der Waals surface area contributed by atoms with Gasteiger partial charge in [0.05, 0.1) is 38.3 Å². The number of hydrogen-bond acceptors (Lipinski definition) is 6. The van der Waals surface area contributed by atoms with E-state index < -0.39 is 0 Å². The van der Waals surface area contributed by atoms with E-state index in [0.717, 1.165) is 30.8 Å². The summed E-state index contributed by atoms with van der Waals surface area (Å²) in [5.74, 6) is 2.62. The van der Waals surface area contributed by atoms with Crippen LogP contribution in [0.5, 0.6) is 17.2 Å². The number of rotatable bonds is 10. The van der Waals surface area contributed by atoms with Crippen LogP contribution in [0.3, 0.4) is 0 Å². The molecule has 0 saturated carbocycles. The molecule has 3 aromatic rings. The van der Waals surface area contributed by atoms with Crippen molar-refractivity contribution in [3.05, 3.63) is 57.6 Å². The SMILES string of the molecule is CCN(CCCOc1cc(C)ccc1C)Cc1nc2cc(OC)c(OC)cc2c(=O)[nH]1. The molecule has 1 heterocycles. The number of nitrogens with zero attached hydrogens (tertiary/aromatic N) is 2. The molecule has 7 heteroatoms. The van der Waals surface area contributed by atoms with Gasteiger partial charge in [0.2, 0.25) is 0 Å². The molecule has 0 saturated heterocycles. The number of hydrogen-bond donors (Lipinski definition) is 1. The lowest BCUT2D eigenvalue weighted by Gasteiger charge is -2.20. The standard InChI is InChI=1S/C24H31N3O4/c1-6-27(10-7-11-31-20-12-16(2)8-9-17(20)3)15-23-25-19-14-22(30-5)21(29-4)13-18(19)24(28)26-23/h8-9,12-14H,6-7,10-11,15H2,1-5H3,(H,25,26,28). The van der Waals surface area contributed by atoms with Crippen LogP contribution in [0.2, 0.25) is 0 Å². The maximum absolute atomic E-state index is 12.6. The monoisotopic (exact) mass is 425 g/mol. The Kier molecular flexibility index (Phi) is 7.52. The quantitative estimate of drug-likeness (QED) is 0.497. The zero-order valence-corrected chi connectivity index (χ0v) is 18.9. The average molecular weight is 426 g/mol. The number of aromatic nitrogens is 2. The number of methoxy groups -OCH3 is 2. The van der Waals surface area contributed by atoms with E-state index in [-0.39, 0.29) is 5.56 Å². The fraction of sp³-hybridized carbons (Fsp3) is 0.417. The summed E-state index contributed by atoms with van der Waals surface area (Å²) in [4.78, 5) is 22.4. The van der Waals surface area contributed by atoms with Crippen molar-refractivity contribution in [2.75, 3.05) is 33.9 Å². The van der Waals surface area contributed by atoms with Crippen LogP contribution < -0.4 is 19.8 Å². The summed E-state index contributed by atoms with van der Waals surface area (Å²) in [6.07, 6.45) is 0.879. The second kappa shape index (κ2) is 10.3. The minimum atomic E-state index is -0.185. The first-order valence-electron chi connectivity index (χ1n) is 10.5. The largest absolute Gasteiger partial charge is 0.493 e. The van der Waals surface area contributed by atoms with Crippen molar-refractivity contribution in [1.29, 1.82) is 0 Å². The van der Waals surface area contributed by atoms with E-state index in [9.17, 15) is 4.79 Å². The van der Waals surface area contributed by atoms with Gasteiger partial charge in [0.15, 0.2) is 11.5 Å². The van der Waals surface area contributed by atoms with Crippen molar-refractivity contribution in [2.24, 2.45) is 0 Å². The molecule has 0 radical (unpaired) electrons. The number of nitrogens with one attached hydrogen (secondary N) is 1. The van der Waals surface area contributed by atoms with Gasteiger partial charge < -0.3 is 19.2 Å². The Morgan fingerprint density at radius 3 is 2.48 bits per heavy atom. The normalized spacial score (nSPS) is 11.2. The van der Waals surface area contributed by atoms with Crippen LogP contribution in [0.4, 0.5) is 0 Å². The third-order valence-corrected chi connectivity index (χ3v) is 5.30. The summed E-state index contributed by atoms with van der Waals surface area (Å²) in [5.41, 5.74) is 2.74. The molecule has 0 unspecified atom stereocenters. The maximum Gasteiger partial charge on any atom is 0.258 e. The lowest BCUT2D eigenvalue weighted by molar-refractivity contribution is 0.232. The van der Waals surface area contributed by atoms with Gasteiger partial charge in [0.1, 0.15) is 11.6 Å². The molecule has 1 aromatic heterocycles. The Morgan fingerprint density at radius 1 is 1.03 bits per heavy atom. The highest BCUT2D eigenvalue weighted by molar-refractivity contribution is 5.81. The molecule has 3 rings (SSSR count). The topological polar surface area (TPSA) is 76.7 Å². The molecule has 0 amide bonds. The van der Waals surface area contributed by atoms with Crippen LogP contribution in [-0.4, -0.2) is 48.8 Å². The van der Waals surface area contributed by atoms with Gasteiger partial charge in [-0.1, -0.05) is 19.1 Å². The van der Waals surface area contributed by atoms with Crippen LogP contribution in [0.1, 0.15) is 30.3 Å².